The van der Waals surface area contributed by atoms with Crippen molar-refractivity contribution < 1.29 is 9.90 Å². The number of hydrogen-bond acceptors (Lipinski definition) is 2. The fraction of sp³-hybridized carbons (Fsp3) is 0.500. The number of carbonyl (C=O) groups excluding carboxylic acids is 1. The molecule has 0 aliphatic heterocycles. The molecule has 0 radical (unpaired) electrons. The summed E-state index contributed by atoms with van der Waals surface area (Å²) in [6, 6.07) is 0. The molecule has 1 N–H and O–H groups in total. The highest BCUT2D eigenvalue weighted by Crippen LogP contribution is 2.03. The van der Waals surface area contributed by atoms with E-state index in [-0.39, 0.29) is 5.91 Å². The number of carbonyl (C=O) groups is 1. The molecule has 1 atom stereocenters. The second-order valence-electron chi connectivity index (χ2n) is 6.72. The van der Waals surface area contributed by atoms with Gasteiger partial charge in [-0.05, 0) is 52.4 Å². The van der Waals surface area contributed by atoms with E-state index in [4.69, 9.17) is 0 Å². The van der Waals surface area contributed by atoms with Crippen LogP contribution in [0.4, 0.5) is 0 Å². The van der Waals surface area contributed by atoms with E-state index in [0.29, 0.717) is 12.8 Å². The molecule has 29 heavy (non-hydrogen) atoms. The summed E-state index contributed by atoms with van der Waals surface area (Å²) in [5.74, 6) is 0.109. The zero-order valence-corrected chi connectivity index (χ0v) is 18.7. The summed E-state index contributed by atoms with van der Waals surface area (Å²) in [6.45, 7) is 7.54. The number of nitrogens with zero attached hydrogens (tertiary/aromatic N) is 1. The van der Waals surface area contributed by atoms with Crippen LogP contribution in [-0.4, -0.2) is 35.1 Å². The van der Waals surface area contributed by atoms with E-state index in [9.17, 15) is 9.90 Å². The van der Waals surface area contributed by atoms with Crippen molar-refractivity contribution in [1.29, 1.82) is 0 Å². The summed E-state index contributed by atoms with van der Waals surface area (Å²) < 4.78 is 0. The lowest BCUT2D eigenvalue weighted by Gasteiger charge is -2.18. The Labute approximate surface area is 178 Å². The second-order valence-corrected chi connectivity index (χ2v) is 6.72. The standard InChI is InChI=1S/C26H41NO2/c1-4-7-8-9-10-11-12-13-14-15-16-17-18-19-20-21-22-25(28)23-24-26(29)27(5-2)6-3/h7-8,10-11,13-14,16-17,19-22,25,28H,4-6,9,12,15,18,23-24H2,1-3H3/b8-7-,11-10-,14-13-,17-16-,20-19-,22-21+. The molecule has 0 spiro atoms. The SMILES string of the molecule is CC/C=C\C/C=C\C/C=C\C/C=C\C/C=C\C=C\C(O)CCC(=O)N(CC)CC. The Morgan fingerprint density at radius 3 is 1.72 bits per heavy atom. The first-order valence-corrected chi connectivity index (χ1v) is 11.0. The van der Waals surface area contributed by atoms with Crippen LogP contribution in [0.2, 0.25) is 0 Å². The zero-order valence-electron chi connectivity index (χ0n) is 18.7. The van der Waals surface area contributed by atoms with Crippen LogP contribution >= 0.6 is 0 Å². The fourth-order valence-electron chi connectivity index (χ4n) is 2.61. The van der Waals surface area contributed by atoms with Crippen molar-refractivity contribution in [2.45, 2.75) is 71.8 Å². The van der Waals surface area contributed by atoms with Gasteiger partial charge in [-0.15, -0.1) is 0 Å². The fourth-order valence-corrected chi connectivity index (χ4v) is 2.61. The van der Waals surface area contributed by atoms with Crippen molar-refractivity contribution in [2.75, 3.05) is 13.1 Å². The van der Waals surface area contributed by atoms with Gasteiger partial charge in [0.2, 0.25) is 5.91 Å². The quantitative estimate of drug-likeness (QED) is 0.244. The maximum Gasteiger partial charge on any atom is 0.222 e. The van der Waals surface area contributed by atoms with Gasteiger partial charge in [0.1, 0.15) is 0 Å². The van der Waals surface area contributed by atoms with Crippen molar-refractivity contribution in [3.05, 3.63) is 72.9 Å². The first kappa shape index (κ1) is 26.9. The average molecular weight is 400 g/mol. The highest BCUT2D eigenvalue weighted by Gasteiger charge is 2.10. The number of aliphatic hydroxyl groups is 1. The molecule has 3 heteroatoms. The van der Waals surface area contributed by atoms with Crippen molar-refractivity contribution in [2.24, 2.45) is 0 Å². The van der Waals surface area contributed by atoms with Crippen molar-refractivity contribution in [3.8, 4) is 0 Å². The molecule has 0 aromatic carbocycles. The smallest absolute Gasteiger partial charge is 0.222 e. The zero-order chi connectivity index (χ0) is 21.6. The van der Waals surface area contributed by atoms with Crippen molar-refractivity contribution in [3.63, 3.8) is 0 Å². The van der Waals surface area contributed by atoms with Crippen LogP contribution in [0.3, 0.4) is 0 Å². The molecule has 0 saturated heterocycles. The van der Waals surface area contributed by atoms with Crippen LogP contribution in [0, 0.1) is 0 Å². The van der Waals surface area contributed by atoms with Gasteiger partial charge in [0.15, 0.2) is 0 Å². The van der Waals surface area contributed by atoms with E-state index in [2.05, 4.69) is 61.6 Å². The lowest BCUT2D eigenvalue weighted by Crippen LogP contribution is -2.30. The number of allylic oxidation sites excluding steroid dienone is 11. The molecule has 0 bridgehead atoms. The monoisotopic (exact) mass is 399 g/mol. The molecular weight excluding hydrogens is 358 g/mol. The molecule has 0 aliphatic carbocycles. The minimum absolute atomic E-state index is 0.109. The number of amides is 1. The van der Waals surface area contributed by atoms with Gasteiger partial charge >= 0.3 is 0 Å². The lowest BCUT2D eigenvalue weighted by atomic mass is 10.1. The summed E-state index contributed by atoms with van der Waals surface area (Å²) in [7, 11) is 0. The number of rotatable bonds is 16. The third kappa shape index (κ3) is 17.7. The Morgan fingerprint density at radius 2 is 1.24 bits per heavy atom. The topological polar surface area (TPSA) is 40.5 Å². The lowest BCUT2D eigenvalue weighted by molar-refractivity contribution is -0.131. The molecule has 0 fully saturated rings. The summed E-state index contributed by atoms with van der Waals surface area (Å²) in [5, 5.41) is 9.92. The third-order valence-corrected chi connectivity index (χ3v) is 4.34. The average Bonchev–Trinajstić information content (AvgIpc) is 2.72. The molecule has 1 amide bonds. The summed E-state index contributed by atoms with van der Waals surface area (Å²) in [5.41, 5.74) is 0. The number of hydrogen-bond donors (Lipinski definition) is 1. The Hall–Kier alpha value is -2.13. The molecule has 0 heterocycles. The highest BCUT2D eigenvalue weighted by atomic mass is 16.3. The van der Waals surface area contributed by atoms with Gasteiger partial charge in [-0.25, -0.2) is 0 Å². The van der Waals surface area contributed by atoms with Gasteiger partial charge in [0, 0.05) is 19.5 Å². The molecular formula is C26H41NO2. The minimum Gasteiger partial charge on any atom is -0.389 e. The van der Waals surface area contributed by atoms with Gasteiger partial charge < -0.3 is 10.0 Å². The Balaban J connectivity index is 3.81. The Bertz CT molecular complexity index is 563. The predicted molar refractivity (Wildman–Crippen MR) is 127 cm³/mol. The third-order valence-electron chi connectivity index (χ3n) is 4.34. The van der Waals surface area contributed by atoms with Crippen LogP contribution in [0.1, 0.15) is 65.7 Å². The largest absolute Gasteiger partial charge is 0.389 e. The van der Waals surface area contributed by atoms with Gasteiger partial charge in [-0.1, -0.05) is 79.8 Å². The van der Waals surface area contributed by atoms with E-state index in [1.165, 1.54) is 0 Å². The molecule has 1 unspecified atom stereocenters. The molecule has 162 valence electrons. The van der Waals surface area contributed by atoms with E-state index in [0.717, 1.165) is 45.2 Å². The predicted octanol–water partition coefficient (Wildman–Crippen LogP) is 6.30. The minimum atomic E-state index is -0.573. The highest BCUT2D eigenvalue weighted by molar-refractivity contribution is 5.76. The molecule has 0 aromatic heterocycles. The van der Waals surface area contributed by atoms with Gasteiger partial charge in [-0.2, -0.15) is 0 Å². The van der Waals surface area contributed by atoms with E-state index < -0.39 is 6.10 Å². The van der Waals surface area contributed by atoms with Gasteiger partial charge in [-0.3, -0.25) is 4.79 Å². The van der Waals surface area contributed by atoms with E-state index in [1.807, 2.05) is 26.0 Å². The normalized spacial score (nSPS) is 13.9. The summed E-state index contributed by atoms with van der Waals surface area (Å²) >= 11 is 0. The molecule has 0 rings (SSSR count). The van der Waals surface area contributed by atoms with Crippen molar-refractivity contribution in [1.82, 2.24) is 4.90 Å². The maximum atomic E-state index is 11.9. The van der Waals surface area contributed by atoms with E-state index in [1.54, 1.807) is 11.0 Å². The van der Waals surface area contributed by atoms with Gasteiger partial charge in [0.25, 0.3) is 0 Å². The molecule has 0 aliphatic rings. The van der Waals surface area contributed by atoms with Crippen LogP contribution < -0.4 is 0 Å². The Morgan fingerprint density at radius 1 is 0.759 bits per heavy atom. The van der Waals surface area contributed by atoms with Crippen LogP contribution in [0.5, 0.6) is 0 Å². The maximum absolute atomic E-state index is 11.9. The molecule has 3 nitrogen and oxygen atoms in total. The van der Waals surface area contributed by atoms with Gasteiger partial charge in [0.05, 0.1) is 6.10 Å². The summed E-state index contributed by atoms with van der Waals surface area (Å²) in [6.07, 6.45) is 30.3. The molecule has 0 aromatic rings. The van der Waals surface area contributed by atoms with Crippen molar-refractivity contribution >= 4 is 5.91 Å². The molecule has 0 saturated carbocycles. The van der Waals surface area contributed by atoms with Crippen LogP contribution in [-0.2, 0) is 4.79 Å². The first-order valence-electron chi connectivity index (χ1n) is 11.0. The van der Waals surface area contributed by atoms with E-state index >= 15 is 0 Å². The summed E-state index contributed by atoms with van der Waals surface area (Å²) in [4.78, 5) is 13.7. The number of aliphatic hydroxyl groups excluding tert-OH is 1. The van der Waals surface area contributed by atoms with Crippen LogP contribution in [0.15, 0.2) is 72.9 Å². The first-order chi connectivity index (χ1) is 14.2. The second kappa shape index (κ2) is 20.6. The Kier molecular flexibility index (Phi) is 19.1. The van der Waals surface area contributed by atoms with Crippen LogP contribution in [0.25, 0.3) is 0 Å².